The zero-order chi connectivity index (χ0) is 13.4. The average molecular weight is 248 g/mol. The van der Waals surface area contributed by atoms with Gasteiger partial charge in [-0.15, -0.1) is 0 Å². The molecular formula is C10H11F3N2O2. The van der Waals surface area contributed by atoms with Gasteiger partial charge in [-0.05, 0) is 0 Å². The van der Waals surface area contributed by atoms with Crippen LogP contribution in [0.1, 0.15) is 20.3 Å². The van der Waals surface area contributed by atoms with E-state index in [1.807, 2.05) is 0 Å². The molecule has 1 unspecified atom stereocenters. The van der Waals surface area contributed by atoms with Crippen molar-refractivity contribution in [2.24, 2.45) is 11.3 Å². The summed E-state index contributed by atoms with van der Waals surface area (Å²) in [6.45, 7) is 2.06. The predicted molar refractivity (Wildman–Crippen MR) is 50.3 cm³/mol. The number of rotatable bonds is 2. The highest BCUT2D eigenvalue weighted by atomic mass is 19.4. The number of hydrogen-bond acceptors (Lipinski definition) is 3. The van der Waals surface area contributed by atoms with Gasteiger partial charge in [-0.2, -0.15) is 18.4 Å². The van der Waals surface area contributed by atoms with E-state index in [9.17, 15) is 22.8 Å². The van der Waals surface area contributed by atoms with Crippen LogP contribution in [0.5, 0.6) is 0 Å². The number of halogens is 3. The van der Waals surface area contributed by atoms with Gasteiger partial charge in [0, 0.05) is 6.42 Å². The van der Waals surface area contributed by atoms with Crippen molar-refractivity contribution in [2.75, 3.05) is 6.54 Å². The van der Waals surface area contributed by atoms with E-state index in [0.717, 1.165) is 6.07 Å². The van der Waals surface area contributed by atoms with Crippen LogP contribution in [0.25, 0.3) is 0 Å². The molecule has 1 fully saturated rings. The van der Waals surface area contributed by atoms with Crippen LogP contribution in [-0.4, -0.2) is 29.4 Å². The lowest BCUT2D eigenvalue weighted by molar-refractivity contribution is -0.167. The Morgan fingerprint density at radius 1 is 1.47 bits per heavy atom. The van der Waals surface area contributed by atoms with Crippen molar-refractivity contribution in [3.05, 3.63) is 0 Å². The van der Waals surface area contributed by atoms with E-state index in [-0.39, 0.29) is 6.42 Å². The van der Waals surface area contributed by atoms with Crippen LogP contribution in [0.4, 0.5) is 13.2 Å². The third-order valence-corrected chi connectivity index (χ3v) is 2.63. The number of nitrogens with zero attached hydrogens (tertiary/aromatic N) is 2. The summed E-state index contributed by atoms with van der Waals surface area (Å²) < 4.78 is 37.0. The van der Waals surface area contributed by atoms with Gasteiger partial charge in [0.15, 0.2) is 5.92 Å². The van der Waals surface area contributed by atoms with E-state index >= 15 is 0 Å². The lowest BCUT2D eigenvalue weighted by atomic mass is 9.92. The van der Waals surface area contributed by atoms with Gasteiger partial charge in [0.25, 0.3) is 0 Å². The zero-order valence-electron chi connectivity index (χ0n) is 9.34. The highest BCUT2D eigenvalue weighted by Crippen LogP contribution is 2.34. The van der Waals surface area contributed by atoms with E-state index in [1.165, 1.54) is 13.8 Å². The third-order valence-electron chi connectivity index (χ3n) is 2.63. The summed E-state index contributed by atoms with van der Waals surface area (Å²) in [5, 5.41) is 8.41. The number of carbonyl (C=O) groups excluding carboxylic acids is 2. The van der Waals surface area contributed by atoms with E-state index in [4.69, 9.17) is 5.26 Å². The summed E-state index contributed by atoms with van der Waals surface area (Å²) in [6.07, 6.45) is -4.86. The second-order valence-corrected chi connectivity index (χ2v) is 4.59. The molecule has 1 saturated heterocycles. The molecular weight excluding hydrogens is 237 g/mol. The number of alkyl halides is 3. The van der Waals surface area contributed by atoms with Gasteiger partial charge in [0.1, 0.15) is 0 Å². The molecule has 0 N–H and O–H groups in total. The van der Waals surface area contributed by atoms with Crippen LogP contribution < -0.4 is 0 Å². The quantitative estimate of drug-likeness (QED) is 0.695. The van der Waals surface area contributed by atoms with Crippen molar-refractivity contribution in [3.8, 4) is 6.07 Å². The summed E-state index contributed by atoms with van der Waals surface area (Å²) in [5.74, 6) is -3.65. The molecule has 1 atom stereocenters. The van der Waals surface area contributed by atoms with Crippen molar-refractivity contribution in [1.29, 1.82) is 5.26 Å². The summed E-state index contributed by atoms with van der Waals surface area (Å²) >= 11 is 0. The van der Waals surface area contributed by atoms with Crippen LogP contribution in [-0.2, 0) is 9.59 Å². The highest BCUT2D eigenvalue weighted by Gasteiger charge is 2.49. The Kier molecular flexibility index (Phi) is 3.19. The van der Waals surface area contributed by atoms with Crippen molar-refractivity contribution >= 4 is 11.8 Å². The first-order valence-electron chi connectivity index (χ1n) is 4.90. The molecule has 2 amide bonds. The first-order valence-corrected chi connectivity index (χ1v) is 4.90. The fourth-order valence-corrected chi connectivity index (χ4v) is 1.61. The van der Waals surface area contributed by atoms with E-state index in [2.05, 4.69) is 0 Å². The van der Waals surface area contributed by atoms with Gasteiger partial charge in [-0.3, -0.25) is 14.5 Å². The van der Waals surface area contributed by atoms with E-state index in [1.54, 1.807) is 0 Å². The summed E-state index contributed by atoms with van der Waals surface area (Å²) in [7, 11) is 0. The molecule has 0 aliphatic carbocycles. The van der Waals surface area contributed by atoms with Crippen LogP contribution >= 0.6 is 0 Å². The molecule has 0 bridgehead atoms. The molecule has 17 heavy (non-hydrogen) atoms. The predicted octanol–water partition coefficient (Wildman–Crippen LogP) is 1.47. The van der Waals surface area contributed by atoms with Gasteiger partial charge < -0.3 is 0 Å². The topological polar surface area (TPSA) is 61.2 Å². The number of imide groups is 1. The smallest absolute Gasteiger partial charge is 0.280 e. The van der Waals surface area contributed by atoms with Crippen molar-refractivity contribution < 1.29 is 22.8 Å². The molecule has 0 aromatic carbocycles. The molecule has 0 radical (unpaired) electrons. The summed E-state index contributed by atoms with van der Waals surface area (Å²) in [4.78, 5) is 23.6. The fraction of sp³-hybridized carbons (Fsp3) is 0.700. The van der Waals surface area contributed by atoms with Gasteiger partial charge in [-0.25, -0.2) is 0 Å². The summed E-state index contributed by atoms with van der Waals surface area (Å²) in [5.41, 5.74) is -0.983. The zero-order valence-corrected chi connectivity index (χ0v) is 9.34. The van der Waals surface area contributed by atoms with Gasteiger partial charge in [0.2, 0.25) is 11.8 Å². The molecule has 0 aromatic rings. The monoisotopic (exact) mass is 248 g/mol. The molecule has 94 valence electrons. The lowest BCUT2D eigenvalue weighted by Gasteiger charge is -2.21. The Hall–Kier alpha value is -1.58. The lowest BCUT2D eigenvalue weighted by Crippen LogP contribution is -2.40. The average Bonchev–Trinajstić information content (AvgIpc) is 2.32. The number of amides is 2. The van der Waals surface area contributed by atoms with Gasteiger partial charge in [0.05, 0.1) is 18.0 Å². The Balaban J connectivity index is 2.87. The number of hydrogen-bond donors (Lipinski definition) is 0. The van der Waals surface area contributed by atoms with Crippen molar-refractivity contribution in [3.63, 3.8) is 0 Å². The Morgan fingerprint density at radius 2 is 2.00 bits per heavy atom. The number of carbonyl (C=O) groups is 2. The first-order chi connectivity index (χ1) is 7.59. The molecule has 1 aliphatic heterocycles. The van der Waals surface area contributed by atoms with Crippen molar-refractivity contribution in [1.82, 2.24) is 4.90 Å². The first kappa shape index (κ1) is 13.5. The summed E-state index contributed by atoms with van der Waals surface area (Å²) in [6, 6.07) is 1.07. The Morgan fingerprint density at radius 3 is 2.29 bits per heavy atom. The second-order valence-electron chi connectivity index (χ2n) is 4.59. The van der Waals surface area contributed by atoms with Gasteiger partial charge >= 0.3 is 6.18 Å². The van der Waals surface area contributed by atoms with Crippen molar-refractivity contribution in [2.45, 2.75) is 26.4 Å². The molecule has 1 rings (SSSR count). The maximum atomic E-state index is 12.3. The molecule has 7 heteroatoms. The molecule has 4 nitrogen and oxygen atoms in total. The number of likely N-dealkylation sites (tertiary alicyclic amines) is 1. The highest BCUT2D eigenvalue weighted by molar-refractivity contribution is 6.05. The molecule has 1 heterocycles. The number of nitriles is 1. The molecule has 0 saturated carbocycles. The molecule has 1 aliphatic rings. The normalized spacial score (nSPS) is 21.5. The largest absolute Gasteiger partial charge is 0.406 e. The minimum absolute atomic E-state index is 0.123. The van der Waals surface area contributed by atoms with E-state index in [0.29, 0.717) is 4.90 Å². The fourth-order valence-electron chi connectivity index (χ4n) is 1.61. The van der Waals surface area contributed by atoms with Crippen LogP contribution in [0.2, 0.25) is 0 Å². The second kappa shape index (κ2) is 4.02. The Bertz CT molecular complexity index is 395. The SMILES string of the molecule is CC1(C)CC(=O)N(CC(C#N)C(F)(F)F)C1=O. The van der Waals surface area contributed by atoms with Gasteiger partial charge in [-0.1, -0.05) is 13.8 Å². The van der Waals surface area contributed by atoms with E-state index < -0.39 is 35.9 Å². The minimum atomic E-state index is -4.73. The minimum Gasteiger partial charge on any atom is -0.280 e. The van der Waals surface area contributed by atoms with Crippen LogP contribution in [0, 0.1) is 22.7 Å². The Labute approximate surface area is 96.0 Å². The van der Waals surface area contributed by atoms with Crippen LogP contribution in [0.3, 0.4) is 0 Å². The maximum Gasteiger partial charge on any atom is 0.406 e. The maximum absolute atomic E-state index is 12.3. The third kappa shape index (κ3) is 2.57. The standard InChI is InChI=1S/C10H11F3N2O2/c1-9(2)3-7(16)15(8(9)17)5-6(4-14)10(11,12)13/h6H,3,5H2,1-2H3. The molecule has 0 spiro atoms. The van der Waals surface area contributed by atoms with Crippen LogP contribution in [0.15, 0.2) is 0 Å². The molecule has 0 aromatic heterocycles.